The minimum absolute atomic E-state index is 0.0159. The van der Waals surface area contributed by atoms with Gasteiger partial charge in [0.05, 0.1) is 24.2 Å². The van der Waals surface area contributed by atoms with E-state index in [2.05, 4.69) is 9.72 Å². The monoisotopic (exact) mass is 504 g/mol. The average Bonchev–Trinajstić information content (AvgIpc) is 3.31. The smallest absolute Gasteiger partial charge is 0.387 e. The van der Waals surface area contributed by atoms with Crippen LogP contribution in [0.15, 0.2) is 54.2 Å². The van der Waals surface area contributed by atoms with Gasteiger partial charge in [0, 0.05) is 28.5 Å². The van der Waals surface area contributed by atoms with Crippen LogP contribution in [0.25, 0.3) is 0 Å². The van der Waals surface area contributed by atoms with Crippen LogP contribution in [0, 0.1) is 0 Å². The van der Waals surface area contributed by atoms with E-state index >= 15 is 0 Å². The molecule has 3 aromatic rings. The lowest BCUT2D eigenvalue weighted by Gasteiger charge is -2.26. The first-order valence-corrected chi connectivity index (χ1v) is 12.2. The molecule has 0 fully saturated rings. The summed E-state index contributed by atoms with van der Waals surface area (Å²) in [7, 11) is 0. The largest absolute Gasteiger partial charge is 0.490 e. The Labute approximate surface area is 208 Å². The highest BCUT2D eigenvalue weighted by Crippen LogP contribution is 2.37. The molecule has 0 saturated heterocycles. The standard InChI is InChI=1S/C26H30F2N2O4S/c1-5-6-13-32-23-14-20(11-12-22(23)33-25(27)28)30(16-21-15-29-17-35-21)19-9-7-18(8-10-19)24(31)34-26(2,3)4/h7-12,14-15,17,25H,5-6,13,16H2,1-4H3. The summed E-state index contributed by atoms with van der Waals surface area (Å²) in [6.07, 6.45) is 3.47. The fraction of sp³-hybridized carbons (Fsp3) is 0.385. The van der Waals surface area contributed by atoms with Crippen LogP contribution in [0.1, 0.15) is 55.8 Å². The fourth-order valence-electron chi connectivity index (χ4n) is 3.22. The van der Waals surface area contributed by atoms with E-state index in [0.717, 1.165) is 29.1 Å². The lowest BCUT2D eigenvalue weighted by Crippen LogP contribution is -2.24. The molecule has 0 N–H and O–H groups in total. The van der Waals surface area contributed by atoms with Gasteiger partial charge in [-0.1, -0.05) is 13.3 Å². The molecule has 0 aliphatic carbocycles. The molecule has 6 nitrogen and oxygen atoms in total. The Bertz CT molecular complexity index is 1080. The van der Waals surface area contributed by atoms with Crippen molar-refractivity contribution in [3.05, 3.63) is 64.6 Å². The highest BCUT2D eigenvalue weighted by atomic mass is 32.1. The fourth-order valence-corrected chi connectivity index (χ4v) is 3.80. The van der Waals surface area contributed by atoms with Crippen LogP contribution in [-0.4, -0.2) is 29.8 Å². The van der Waals surface area contributed by atoms with Gasteiger partial charge in [-0.05, 0) is 63.6 Å². The number of benzene rings is 2. The quantitative estimate of drug-likeness (QED) is 0.203. The number of ether oxygens (including phenoxy) is 3. The number of esters is 1. The Morgan fingerprint density at radius 3 is 2.40 bits per heavy atom. The van der Waals surface area contributed by atoms with Gasteiger partial charge in [0.25, 0.3) is 0 Å². The molecule has 0 amide bonds. The maximum atomic E-state index is 12.9. The first kappa shape index (κ1) is 26.4. The van der Waals surface area contributed by atoms with Gasteiger partial charge in [-0.15, -0.1) is 11.3 Å². The van der Waals surface area contributed by atoms with Gasteiger partial charge in [-0.25, -0.2) is 4.79 Å². The van der Waals surface area contributed by atoms with Gasteiger partial charge in [0.15, 0.2) is 11.5 Å². The van der Waals surface area contributed by atoms with Crippen molar-refractivity contribution in [3.8, 4) is 11.5 Å². The highest BCUT2D eigenvalue weighted by molar-refractivity contribution is 7.09. The Morgan fingerprint density at radius 2 is 1.80 bits per heavy atom. The minimum atomic E-state index is -2.96. The van der Waals surface area contributed by atoms with Crippen molar-refractivity contribution < 1.29 is 27.8 Å². The molecule has 0 aliphatic rings. The maximum Gasteiger partial charge on any atom is 0.387 e. The number of nitrogens with zero attached hydrogens (tertiary/aromatic N) is 2. The van der Waals surface area contributed by atoms with Crippen molar-refractivity contribution in [2.24, 2.45) is 0 Å². The van der Waals surface area contributed by atoms with Crippen LogP contribution in [0.3, 0.4) is 0 Å². The van der Waals surface area contributed by atoms with E-state index in [-0.39, 0.29) is 11.5 Å². The van der Waals surface area contributed by atoms with Gasteiger partial charge in [0.1, 0.15) is 5.60 Å². The average molecular weight is 505 g/mol. The molecule has 0 aliphatic heterocycles. The summed E-state index contributed by atoms with van der Waals surface area (Å²) in [4.78, 5) is 19.6. The number of halogens is 2. The molecule has 0 atom stereocenters. The van der Waals surface area contributed by atoms with E-state index in [1.54, 1.807) is 36.0 Å². The first-order valence-electron chi connectivity index (χ1n) is 11.4. The summed E-state index contributed by atoms with van der Waals surface area (Å²) in [6, 6.07) is 11.9. The molecule has 1 aromatic heterocycles. The molecule has 0 radical (unpaired) electrons. The Morgan fingerprint density at radius 1 is 1.09 bits per heavy atom. The zero-order valence-corrected chi connectivity index (χ0v) is 21.1. The lowest BCUT2D eigenvalue weighted by atomic mass is 10.1. The van der Waals surface area contributed by atoms with Crippen LogP contribution in [0.4, 0.5) is 20.2 Å². The van der Waals surface area contributed by atoms with E-state index in [1.165, 1.54) is 17.4 Å². The normalized spacial score (nSPS) is 11.4. The summed E-state index contributed by atoms with van der Waals surface area (Å²) in [5.41, 5.74) is 3.11. The first-order chi connectivity index (χ1) is 16.7. The number of carbonyl (C=O) groups is 1. The van der Waals surface area contributed by atoms with E-state index in [1.807, 2.05) is 44.7 Å². The summed E-state index contributed by atoms with van der Waals surface area (Å²) in [5, 5.41) is 0. The number of carbonyl (C=O) groups excluding carboxylic acids is 1. The highest BCUT2D eigenvalue weighted by Gasteiger charge is 2.20. The molecule has 0 saturated carbocycles. The van der Waals surface area contributed by atoms with Crippen LogP contribution < -0.4 is 14.4 Å². The number of unbranched alkanes of at least 4 members (excludes halogenated alkanes) is 1. The second-order valence-electron chi connectivity index (χ2n) is 8.81. The molecule has 0 spiro atoms. The molecular weight excluding hydrogens is 474 g/mol. The molecule has 1 heterocycles. The molecule has 3 rings (SSSR count). The summed E-state index contributed by atoms with van der Waals surface area (Å²) in [5.74, 6) is -0.174. The third-order valence-corrected chi connectivity index (χ3v) is 5.59. The number of hydrogen-bond acceptors (Lipinski definition) is 7. The van der Waals surface area contributed by atoms with Gasteiger partial charge in [-0.3, -0.25) is 4.98 Å². The zero-order valence-electron chi connectivity index (χ0n) is 20.3. The van der Waals surface area contributed by atoms with E-state index in [9.17, 15) is 13.6 Å². The number of alkyl halides is 2. The minimum Gasteiger partial charge on any atom is -0.490 e. The van der Waals surface area contributed by atoms with Crippen LogP contribution in [0.5, 0.6) is 11.5 Å². The topological polar surface area (TPSA) is 60.9 Å². The van der Waals surface area contributed by atoms with Crippen molar-refractivity contribution in [2.75, 3.05) is 11.5 Å². The van der Waals surface area contributed by atoms with Crippen LogP contribution in [-0.2, 0) is 11.3 Å². The number of rotatable bonds is 11. The predicted octanol–water partition coefficient (Wildman–Crippen LogP) is 7.22. The summed E-state index contributed by atoms with van der Waals surface area (Å²) >= 11 is 1.51. The van der Waals surface area contributed by atoms with Crippen molar-refractivity contribution in [3.63, 3.8) is 0 Å². The Balaban J connectivity index is 1.95. The van der Waals surface area contributed by atoms with Crippen molar-refractivity contribution in [1.29, 1.82) is 0 Å². The SMILES string of the molecule is CCCCOc1cc(N(Cc2cncs2)c2ccc(C(=O)OC(C)(C)C)cc2)ccc1OC(F)F. The molecule has 2 aromatic carbocycles. The molecule has 188 valence electrons. The van der Waals surface area contributed by atoms with Crippen molar-refractivity contribution >= 4 is 28.7 Å². The second-order valence-corrected chi connectivity index (χ2v) is 9.79. The van der Waals surface area contributed by atoms with E-state index < -0.39 is 18.2 Å². The zero-order chi connectivity index (χ0) is 25.4. The molecule has 9 heteroatoms. The number of aromatic nitrogens is 1. The molecule has 0 unspecified atom stereocenters. The summed E-state index contributed by atoms with van der Waals surface area (Å²) in [6.45, 7) is 5.39. The molecular formula is C26H30F2N2O4S. The van der Waals surface area contributed by atoms with Crippen LogP contribution in [0.2, 0.25) is 0 Å². The maximum absolute atomic E-state index is 12.9. The van der Waals surface area contributed by atoms with Crippen molar-refractivity contribution in [2.45, 2.75) is 59.3 Å². The third kappa shape index (κ3) is 7.92. The number of hydrogen-bond donors (Lipinski definition) is 0. The van der Waals surface area contributed by atoms with Gasteiger partial charge < -0.3 is 19.1 Å². The third-order valence-electron chi connectivity index (χ3n) is 4.82. The van der Waals surface area contributed by atoms with E-state index in [0.29, 0.717) is 18.7 Å². The molecule has 35 heavy (non-hydrogen) atoms. The summed E-state index contributed by atoms with van der Waals surface area (Å²) < 4.78 is 41.8. The predicted molar refractivity (Wildman–Crippen MR) is 133 cm³/mol. The Hall–Kier alpha value is -3.20. The number of anilines is 2. The van der Waals surface area contributed by atoms with E-state index in [4.69, 9.17) is 9.47 Å². The lowest BCUT2D eigenvalue weighted by molar-refractivity contribution is -0.0515. The van der Waals surface area contributed by atoms with Gasteiger partial charge >= 0.3 is 12.6 Å². The van der Waals surface area contributed by atoms with Crippen molar-refractivity contribution in [1.82, 2.24) is 4.98 Å². The molecule has 0 bridgehead atoms. The second kappa shape index (κ2) is 12.0. The van der Waals surface area contributed by atoms with Crippen LogP contribution >= 0.6 is 11.3 Å². The van der Waals surface area contributed by atoms with Gasteiger partial charge in [-0.2, -0.15) is 8.78 Å². The number of thiazole rings is 1. The van der Waals surface area contributed by atoms with Gasteiger partial charge in [0.2, 0.25) is 0 Å². The Kier molecular flexibility index (Phi) is 9.03.